The van der Waals surface area contributed by atoms with Crippen molar-refractivity contribution < 1.29 is 4.79 Å². The summed E-state index contributed by atoms with van der Waals surface area (Å²) in [5, 5.41) is 11.7. The molecule has 0 fully saturated rings. The molecule has 26 heavy (non-hydrogen) atoms. The maximum Gasteiger partial charge on any atom is 0.265 e. The number of carbonyl (C=O) groups is 1. The molecule has 0 saturated carbocycles. The van der Waals surface area contributed by atoms with Gasteiger partial charge < -0.3 is 5.32 Å². The van der Waals surface area contributed by atoms with E-state index in [4.69, 9.17) is 0 Å². The van der Waals surface area contributed by atoms with E-state index in [0.717, 1.165) is 42.0 Å². The summed E-state index contributed by atoms with van der Waals surface area (Å²) in [6, 6.07) is 6.37. The molecule has 0 unspecified atom stereocenters. The Morgan fingerprint density at radius 3 is 2.85 bits per heavy atom. The second kappa shape index (κ2) is 6.64. The SMILES string of the molecule is Cc1ccc(-n2ncc3c2CCC[C@H]3NC(=O)c2snnc2C)cc1C. The molecule has 4 rings (SSSR count). The minimum Gasteiger partial charge on any atom is -0.344 e. The number of carbonyl (C=O) groups excluding carboxylic acids is 1. The molecule has 2 heterocycles. The molecule has 2 aromatic heterocycles. The molecule has 0 aliphatic heterocycles. The second-order valence-electron chi connectivity index (χ2n) is 6.83. The van der Waals surface area contributed by atoms with Crippen LogP contribution in [-0.2, 0) is 6.42 Å². The van der Waals surface area contributed by atoms with Crippen LogP contribution >= 0.6 is 11.5 Å². The molecule has 0 radical (unpaired) electrons. The molecule has 0 spiro atoms. The Balaban J connectivity index is 1.63. The Hall–Kier alpha value is -2.54. The highest BCUT2D eigenvalue weighted by Crippen LogP contribution is 2.31. The lowest BCUT2D eigenvalue weighted by Crippen LogP contribution is -2.30. The highest BCUT2D eigenvalue weighted by atomic mass is 32.1. The van der Waals surface area contributed by atoms with E-state index in [9.17, 15) is 4.79 Å². The largest absolute Gasteiger partial charge is 0.344 e. The molecule has 134 valence electrons. The lowest BCUT2D eigenvalue weighted by atomic mass is 9.92. The van der Waals surface area contributed by atoms with Crippen molar-refractivity contribution in [2.24, 2.45) is 0 Å². The highest BCUT2D eigenvalue weighted by Gasteiger charge is 2.27. The van der Waals surface area contributed by atoms with Crippen LogP contribution < -0.4 is 5.32 Å². The Labute approximate surface area is 156 Å². The van der Waals surface area contributed by atoms with Crippen molar-refractivity contribution in [2.75, 3.05) is 0 Å². The molecule has 1 aliphatic carbocycles. The van der Waals surface area contributed by atoms with E-state index in [1.54, 1.807) is 0 Å². The summed E-state index contributed by atoms with van der Waals surface area (Å²) < 4.78 is 5.87. The van der Waals surface area contributed by atoms with E-state index < -0.39 is 0 Å². The fourth-order valence-electron chi connectivity index (χ4n) is 3.45. The van der Waals surface area contributed by atoms with Gasteiger partial charge in [0, 0.05) is 11.3 Å². The van der Waals surface area contributed by atoms with Gasteiger partial charge in [0.15, 0.2) is 0 Å². The summed E-state index contributed by atoms with van der Waals surface area (Å²) in [5.74, 6) is -0.103. The third-order valence-corrected chi connectivity index (χ3v) is 5.91. The van der Waals surface area contributed by atoms with Crippen LogP contribution in [0.25, 0.3) is 5.69 Å². The first-order chi connectivity index (χ1) is 12.5. The van der Waals surface area contributed by atoms with Crippen molar-refractivity contribution in [3.05, 3.63) is 57.4 Å². The minimum atomic E-state index is -0.103. The van der Waals surface area contributed by atoms with E-state index in [0.29, 0.717) is 10.6 Å². The van der Waals surface area contributed by atoms with Gasteiger partial charge in [-0.1, -0.05) is 10.6 Å². The molecule has 6 nitrogen and oxygen atoms in total. The lowest BCUT2D eigenvalue weighted by Gasteiger charge is -2.24. The van der Waals surface area contributed by atoms with Crippen molar-refractivity contribution in [3.63, 3.8) is 0 Å². The topological polar surface area (TPSA) is 72.7 Å². The molecule has 7 heteroatoms. The monoisotopic (exact) mass is 367 g/mol. The molecule has 1 aromatic carbocycles. The number of hydrogen-bond acceptors (Lipinski definition) is 5. The normalized spacial score (nSPS) is 16.3. The quantitative estimate of drug-likeness (QED) is 0.769. The van der Waals surface area contributed by atoms with E-state index in [-0.39, 0.29) is 11.9 Å². The molecule has 1 N–H and O–H groups in total. The summed E-state index contributed by atoms with van der Waals surface area (Å²) in [6.07, 6.45) is 4.80. The van der Waals surface area contributed by atoms with Crippen LogP contribution in [0, 0.1) is 20.8 Å². The highest BCUT2D eigenvalue weighted by molar-refractivity contribution is 7.08. The van der Waals surface area contributed by atoms with Gasteiger partial charge in [0.1, 0.15) is 4.88 Å². The van der Waals surface area contributed by atoms with Crippen LogP contribution in [0.5, 0.6) is 0 Å². The molecule has 1 atom stereocenters. The van der Waals surface area contributed by atoms with Crippen LogP contribution in [0.3, 0.4) is 0 Å². The van der Waals surface area contributed by atoms with Crippen molar-refractivity contribution >= 4 is 17.4 Å². The van der Waals surface area contributed by atoms with Gasteiger partial charge in [-0.15, -0.1) is 5.10 Å². The average molecular weight is 367 g/mol. The average Bonchev–Trinajstić information content (AvgIpc) is 3.24. The number of nitrogens with zero attached hydrogens (tertiary/aromatic N) is 4. The first kappa shape index (κ1) is 16.9. The third kappa shape index (κ3) is 2.92. The van der Waals surface area contributed by atoms with Crippen molar-refractivity contribution in [1.29, 1.82) is 0 Å². The fourth-order valence-corrected chi connectivity index (χ4v) is 4.01. The molecule has 3 aromatic rings. The zero-order chi connectivity index (χ0) is 18.3. The fraction of sp³-hybridized carbons (Fsp3) is 0.368. The van der Waals surface area contributed by atoms with Crippen LogP contribution in [0.4, 0.5) is 0 Å². The molecule has 1 amide bonds. The zero-order valence-electron chi connectivity index (χ0n) is 15.1. The lowest BCUT2D eigenvalue weighted by molar-refractivity contribution is 0.0936. The van der Waals surface area contributed by atoms with Gasteiger partial charge in [0.05, 0.1) is 23.6 Å². The number of hydrogen-bond donors (Lipinski definition) is 1. The predicted octanol–water partition coefficient (Wildman–Crippen LogP) is 3.46. The van der Waals surface area contributed by atoms with E-state index in [2.05, 4.69) is 52.0 Å². The first-order valence-electron chi connectivity index (χ1n) is 8.79. The van der Waals surface area contributed by atoms with Crippen molar-refractivity contribution in [2.45, 2.75) is 46.1 Å². The maximum atomic E-state index is 12.6. The Morgan fingerprint density at radius 1 is 1.27 bits per heavy atom. The minimum absolute atomic E-state index is 0.0203. The van der Waals surface area contributed by atoms with Gasteiger partial charge in [-0.05, 0) is 74.8 Å². The van der Waals surface area contributed by atoms with Gasteiger partial charge in [-0.25, -0.2) is 4.68 Å². The van der Waals surface area contributed by atoms with E-state index in [1.807, 2.05) is 17.8 Å². The Kier molecular flexibility index (Phi) is 4.32. The predicted molar refractivity (Wildman–Crippen MR) is 101 cm³/mol. The third-order valence-electron chi connectivity index (χ3n) is 5.08. The first-order valence-corrected chi connectivity index (χ1v) is 9.56. The standard InChI is InChI=1S/C19H21N5OS/c1-11-7-8-14(9-12(11)2)24-17-6-4-5-16(15(17)10-20-24)21-19(25)18-13(3)22-23-26-18/h7-10,16H,4-6H2,1-3H3,(H,21,25)/t16-/m1/s1. The maximum absolute atomic E-state index is 12.6. The van der Waals surface area contributed by atoms with Gasteiger partial charge in [0.2, 0.25) is 0 Å². The Morgan fingerprint density at radius 2 is 2.12 bits per heavy atom. The number of aryl methyl sites for hydroxylation is 3. The van der Waals surface area contributed by atoms with Crippen molar-refractivity contribution in [3.8, 4) is 5.69 Å². The molecule has 0 bridgehead atoms. The molecule has 1 aliphatic rings. The van der Waals surface area contributed by atoms with Crippen LogP contribution in [0.2, 0.25) is 0 Å². The molecular weight excluding hydrogens is 346 g/mol. The second-order valence-corrected chi connectivity index (χ2v) is 7.59. The summed E-state index contributed by atoms with van der Waals surface area (Å²) in [4.78, 5) is 13.1. The van der Waals surface area contributed by atoms with E-state index >= 15 is 0 Å². The summed E-state index contributed by atoms with van der Waals surface area (Å²) in [5.41, 5.74) is 6.56. The van der Waals surface area contributed by atoms with Gasteiger partial charge in [0.25, 0.3) is 5.91 Å². The number of amides is 1. The van der Waals surface area contributed by atoms with Crippen LogP contribution in [0.1, 0.15) is 56.6 Å². The number of nitrogens with one attached hydrogen (secondary N) is 1. The summed E-state index contributed by atoms with van der Waals surface area (Å²) in [7, 11) is 0. The number of benzene rings is 1. The number of fused-ring (bicyclic) bond motifs is 1. The van der Waals surface area contributed by atoms with E-state index in [1.165, 1.54) is 16.8 Å². The van der Waals surface area contributed by atoms with Crippen molar-refractivity contribution in [1.82, 2.24) is 24.7 Å². The van der Waals surface area contributed by atoms with Crippen LogP contribution in [0.15, 0.2) is 24.4 Å². The van der Waals surface area contributed by atoms with Crippen LogP contribution in [-0.4, -0.2) is 25.3 Å². The summed E-state index contributed by atoms with van der Waals surface area (Å²) in [6.45, 7) is 6.03. The molecular formula is C19H21N5OS. The number of aromatic nitrogens is 4. The molecule has 0 saturated heterocycles. The number of rotatable bonds is 3. The summed E-state index contributed by atoms with van der Waals surface area (Å²) >= 11 is 1.14. The van der Waals surface area contributed by atoms with Gasteiger partial charge >= 0.3 is 0 Å². The van der Waals surface area contributed by atoms with Gasteiger partial charge in [-0.2, -0.15) is 5.10 Å². The van der Waals surface area contributed by atoms with Gasteiger partial charge in [-0.3, -0.25) is 4.79 Å². The zero-order valence-corrected chi connectivity index (χ0v) is 15.9. The smallest absolute Gasteiger partial charge is 0.265 e. The Bertz CT molecular complexity index is 974.